The second-order valence-corrected chi connectivity index (χ2v) is 6.80. The monoisotopic (exact) mass is 363 g/mol. The van der Waals surface area contributed by atoms with Gasteiger partial charge in [-0.3, -0.25) is 9.59 Å². The van der Waals surface area contributed by atoms with Crippen LogP contribution in [0.15, 0.2) is 0 Å². The molecular weight excluding hydrogens is 334 g/mol. The van der Waals surface area contributed by atoms with E-state index in [1.165, 1.54) is 18.7 Å². The van der Waals surface area contributed by atoms with Crippen LogP contribution in [0.3, 0.4) is 0 Å². The molecule has 0 saturated carbocycles. The number of carboxylic acids is 1. The summed E-state index contributed by atoms with van der Waals surface area (Å²) >= 11 is 1.50. The van der Waals surface area contributed by atoms with Gasteiger partial charge < -0.3 is 26.6 Å². The van der Waals surface area contributed by atoms with Crippen LogP contribution >= 0.6 is 11.8 Å². The number of aliphatic carboxylic acids is 1. The number of carbonyl (C=O) groups excluding carboxylic acids is 2. The summed E-state index contributed by atoms with van der Waals surface area (Å²) in [5.41, 5.74) is 5.56. The first-order valence-corrected chi connectivity index (χ1v) is 9.31. The van der Waals surface area contributed by atoms with Crippen LogP contribution < -0.4 is 16.4 Å². The third kappa shape index (κ3) is 7.50. The summed E-state index contributed by atoms with van der Waals surface area (Å²) in [6.07, 6.45) is 1.72. The number of hydrogen-bond acceptors (Lipinski definition) is 6. The first-order chi connectivity index (χ1) is 11.1. The summed E-state index contributed by atoms with van der Waals surface area (Å²) in [5, 5.41) is 23.6. The number of carbonyl (C=O) groups is 3. The number of nitrogens with two attached hydrogens (primary N) is 1. The van der Waals surface area contributed by atoms with E-state index in [0.717, 1.165) is 0 Å². The van der Waals surface area contributed by atoms with Crippen LogP contribution in [0.4, 0.5) is 0 Å². The van der Waals surface area contributed by atoms with Gasteiger partial charge in [-0.15, -0.1) is 0 Å². The smallest absolute Gasteiger partial charge is 0.326 e. The van der Waals surface area contributed by atoms with Crippen molar-refractivity contribution in [3.05, 3.63) is 0 Å². The standard InChI is InChI=1S/C15H29N3O5S/c1-5-8(2)12(15(22)23)18-13(20)10(6-7-24-4)17-14(21)11(16)9(3)19/h8-12,19H,5-7,16H2,1-4H3,(H,17,21)(H,18,20)(H,22,23). The Morgan fingerprint density at radius 2 is 1.75 bits per heavy atom. The molecule has 24 heavy (non-hydrogen) atoms. The number of amides is 2. The van der Waals surface area contributed by atoms with Crippen molar-refractivity contribution in [3.8, 4) is 0 Å². The molecule has 0 aliphatic carbocycles. The molecule has 5 unspecified atom stereocenters. The Bertz CT molecular complexity index is 433. The molecule has 9 heteroatoms. The zero-order valence-corrected chi connectivity index (χ0v) is 15.4. The van der Waals surface area contributed by atoms with Crippen molar-refractivity contribution < 1.29 is 24.6 Å². The van der Waals surface area contributed by atoms with E-state index in [9.17, 15) is 24.6 Å². The van der Waals surface area contributed by atoms with E-state index in [4.69, 9.17) is 5.73 Å². The third-order valence-corrected chi connectivity index (χ3v) is 4.49. The fourth-order valence-corrected chi connectivity index (χ4v) is 2.40. The van der Waals surface area contributed by atoms with Crippen molar-refractivity contribution in [2.45, 2.75) is 57.8 Å². The molecule has 140 valence electrons. The average molecular weight is 363 g/mol. The van der Waals surface area contributed by atoms with Gasteiger partial charge in [-0.2, -0.15) is 11.8 Å². The van der Waals surface area contributed by atoms with Gasteiger partial charge >= 0.3 is 5.97 Å². The van der Waals surface area contributed by atoms with Gasteiger partial charge in [0.25, 0.3) is 0 Å². The molecule has 0 aliphatic rings. The van der Waals surface area contributed by atoms with E-state index in [1.54, 1.807) is 6.92 Å². The van der Waals surface area contributed by atoms with Crippen molar-refractivity contribution in [2.24, 2.45) is 11.7 Å². The molecule has 0 aliphatic heterocycles. The minimum atomic E-state index is -1.15. The van der Waals surface area contributed by atoms with Crippen LogP contribution in [-0.4, -0.2) is 64.2 Å². The lowest BCUT2D eigenvalue weighted by atomic mass is 9.98. The fourth-order valence-electron chi connectivity index (χ4n) is 1.93. The second-order valence-electron chi connectivity index (χ2n) is 5.82. The molecule has 0 heterocycles. The molecule has 0 bridgehead atoms. The molecule has 0 fully saturated rings. The molecule has 0 aromatic rings. The van der Waals surface area contributed by atoms with Crippen molar-refractivity contribution >= 4 is 29.5 Å². The van der Waals surface area contributed by atoms with Gasteiger partial charge in [-0.05, 0) is 31.3 Å². The van der Waals surface area contributed by atoms with Crippen molar-refractivity contribution in [3.63, 3.8) is 0 Å². The molecule has 0 aromatic heterocycles. The first kappa shape index (κ1) is 22.7. The highest BCUT2D eigenvalue weighted by atomic mass is 32.2. The zero-order valence-electron chi connectivity index (χ0n) is 14.6. The van der Waals surface area contributed by atoms with E-state index >= 15 is 0 Å². The minimum absolute atomic E-state index is 0.247. The molecule has 0 aromatic carbocycles. The average Bonchev–Trinajstić information content (AvgIpc) is 2.53. The van der Waals surface area contributed by atoms with Gasteiger partial charge in [-0.1, -0.05) is 20.3 Å². The summed E-state index contributed by atoms with van der Waals surface area (Å²) in [6.45, 7) is 4.95. The quantitative estimate of drug-likeness (QED) is 0.334. The number of hydrogen-bond donors (Lipinski definition) is 5. The molecular formula is C15H29N3O5S. The summed E-state index contributed by atoms with van der Waals surface area (Å²) in [5.74, 6) is -1.98. The van der Waals surface area contributed by atoms with Crippen LogP contribution in [0.5, 0.6) is 0 Å². The van der Waals surface area contributed by atoms with Gasteiger partial charge in [0.1, 0.15) is 18.1 Å². The van der Waals surface area contributed by atoms with Crippen LogP contribution in [0.25, 0.3) is 0 Å². The largest absolute Gasteiger partial charge is 0.480 e. The predicted molar refractivity (Wildman–Crippen MR) is 93.6 cm³/mol. The lowest BCUT2D eigenvalue weighted by Crippen LogP contribution is -2.57. The molecule has 6 N–H and O–H groups in total. The molecule has 2 amide bonds. The van der Waals surface area contributed by atoms with Gasteiger partial charge in [0.05, 0.1) is 6.10 Å². The van der Waals surface area contributed by atoms with Gasteiger partial charge in [0.2, 0.25) is 11.8 Å². The number of thioether (sulfide) groups is 1. The molecule has 5 atom stereocenters. The Kier molecular flexibility index (Phi) is 10.7. The Morgan fingerprint density at radius 3 is 2.17 bits per heavy atom. The van der Waals surface area contributed by atoms with Crippen LogP contribution in [0.1, 0.15) is 33.6 Å². The Morgan fingerprint density at radius 1 is 1.17 bits per heavy atom. The molecule has 8 nitrogen and oxygen atoms in total. The number of aliphatic hydroxyl groups is 1. The predicted octanol–water partition coefficient (Wildman–Crippen LogP) is -0.452. The van der Waals surface area contributed by atoms with Crippen LogP contribution in [0, 0.1) is 5.92 Å². The Hall–Kier alpha value is -1.32. The van der Waals surface area contributed by atoms with Crippen LogP contribution in [-0.2, 0) is 14.4 Å². The lowest BCUT2D eigenvalue weighted by Gasteiger charge is -2.25. The molecule has 0 saturated heterocycles. The number of carboxylic acid groups (broad SMARTS) is 1. The van der Waals surface area contributed by atoms with Gasteiger partial charge in [0.15, 0.2) is 0 Å². The third-order valence-electron chi connectivity index (χ3n) is 3.84. The lowest BCUT2D eigenvalue weighted by molar-refractivity contribution is -0.143. The Labute approximate surface area is 146 Å². The maximum Gasteiger partial charge on any atom is 0.326 e. The summed E-state index contributed by atoms with van der Waals surface area (Å²) in [4.78, 5) is 35.7. The van der Waals surface area contributed by atoms with Crippen molar-refractivity contribution in [2.75, 3.05) is 12.0 Å². The molecule has 0 spiro atoms. The highest BCUT2D eigenvalue weighted by Gasteiger charge is 2.30. The van der Waals surface area contributed by atoms with Crippen LogP contribution in [0.2, 0.25) is 0 Å². The maximum atomic E-state index is 12.4. The molecule has 0 rings (SSSR count). The normalized spacial score (nSPS) is 17.2. The summed E-state index contributed by atoms with van der Waals surface area (Å²) in [6, 6.07) is -3.08. The van der Waals surface area contributed by atoms with Gasteiger partial charge in [-0.25, -0.2) is 4.79 Å². The number of rotatable bonds is 11. The highest BCUT2D eigenvalue weighted by molar-refractivity contribution is 7.98. The van der Waals surface area contributed by atoms with E-state index in [0.29, 0.717) is 18.6 Å². The van der Waals surface area contributed by atoms with Gasteiger partial charge in [0, 0.05) is 0 Å². The number of nitrogens with one attached hydrogen (secondary N) is 2. The summed E-state index contributed by atoms with van der Waals surface area (Å²) < 4.78 is 0. The SMILES string of the molecule is CCC(C)C(NC(=O)C(CCSC)NC(=O)C(N)C(C)O)C(=O)O. The van der Waals surface area contributed by atoms with Crippen molar-refractivity contribution in [1.82, 2.24) is 10.6 Å². The topological polar surface area (TPSA) is 142 Å². The van der Waals surface area contributed by atoms with E-state index < -0.39 is 42.0 Å². The second kappa shape index (κ2) is 11.3. The van der Waals surface area contributed by atoms with Crippen molar-refractivity contribution in [1.29, 1.82) is 0 Å². The maximum absolute atomic E-state index is 12.4. The first-order valence-electron chi connectivity index (χ1n) is 7.91. The highest BCUT2D eigenvalue weighted by Crippen LogP contribution is 2.09. The van der Waals surface area contributed by atoms with E-state index in [1.807, 2.05) is 13.2 Å². The zero-order chi connectivity index (χ0) is 18.9. The minimum Gasteiger partial charge on any atom is -0.480 e. The Balaban J connectivity index is 5.04. The summed E-state index contributed by atoms with van der Waals surface area (Å²) in [7, 11) is 0. The molecule has 0 radical (unpaired) electrons. The van der Waals surface area contributed by atoms with E-state index in [-0.39, 0.29) is 5.92 Å². The van der Waals surface area contributed by atoms with E-state index in [2.05, 4.69) is 10.6 Å². The number of aliphatic hydroxyl groups excluding tert-OH is 1. The fraction of sp³-hybridized carbons (Fsp3) is 0.800.